The Labute approximate surface area is 183 Å². The van der Waals surface area contributed by atoms with Gasteiger partial charge in [-0.15, -0.1) is 0 Å². The van der Waals surface area contributed by atoms with Gasteiger partial charge in [-0.2, -0.15) is 0 Å². The highest BCUT2D eigenvalue weighted by Gasteiger charge is 2.11. The van der Waals surface area contributed by atoms with E-state index in [9.17, 15) is 0 Å². The van der Waals surface area contributed by atoms with Crippen LogP contribution in [0.3, 0.4) is 0 Å². The highest BCUT2D eigenvalue weighted by Crippen LogP contribution is 2.34. The van der Waals surface area contributed by atoms with Crippen molar-refractivity contribution < 1.29 is 14.2 Å². The molecule has 3 aromatic rings. The van der Waals surface area contributed by atoms with E-state index in [-0.39, 0.29) is 0 Å². The maximum atomic E-state index is 6.51. The van der Waals surface area contributed by atoms with Gasteiger partial charge >= 0.3 is 0 Å². The summed E-state index contributed by atoms with van der Waals surface area (Å²) in [6.45, 7) is 4.03. The normalized spacial score (nSPS) is 10.7. The van der Waals surface area contributed by atoms with E-state index in [0.717, 1.165) is 29.8 Å². The lowest BCUT2D eigenvalue weighted by molar-refractivity contribution is 0.284. The number of hydrogen-bond donors (Lipinski definition) is 1. The fourth-order valence-corrected chi connectivity index (χ4v) is 3.42. The zero-order chi connectivity index (χ0) is 21.3. The topological polar surface area (TPSA) is 39.7 Å². The first-order valence-electron chi connectivity index (χ1n) is 9.97. The van der Waals surface area contributed by atoms with Gasteiger partial charge in [0.1, 0.15) is 12.4 Å². The second-order valence-electron chi connectivity index (χ2n) is 7.15. The van der Waals surface area contributed by atoms with Crippen LogP contribution in [0.25, 0.3) is 0 Å². The van der Waals surface area contributed by atoms with Gasteiger partial charge in [-0.25, -0.2) is 0 Å². The van der Waals surface area contributed by atoms with E-state index in [1.54, 1.807) is 14.2 Å². The maximum Gasteiger partial charge on any atom is 0.163 e. The van der Waals surface area contributed by atoms with Crippen molar-refractivity contribution in [2.75, 3.05) is 20.8 Å². The SMILES string of the molecule is COc1ccc(CCNCc2cc(OC)c(OCc3cccc(C)c3)cc2Cl)cc1. The van der Waals surface area contributed by atoms with Crippen molar-refractivity contribution in [3.8, 4) is 17.2 Å². The zero-order valence-electron chi connectivity index (χ0n) is 17.7. The smallest absolute Gasteiger partial charge is 0.163 e. The number of benzene rings is 3. The Hall–Kier alpha value is -2.69. The van der Waals surface area contributed by atoms with Crippen LogP contribution in [0, 0.1) is 6.92 Å². The third-order valence-electron chi connectivity index (χ3n) is 4.87. The van der Waals surface area contributed by atoms with Crippen molar-refractivity contribution in [2.24, 2.45) is 0 Å². The van der Waals surface area contributed by atoms with Crippen molar-refractivity contribution >= 4 is 11.6 Å². The summed E-state index contributed by atoms with van der Waals surface area (Å²) in [5.41, 5.74) is 4.55. The van der Waals surface area contributed by atoms with Gasteiger partial charge in [-0.05, 0) is 54.8 Å². The predicted octanol–water partition coefficient (Wildman–Crippen LogP) is 5.58. The number of aryl methyl sites for hydroxylation is 1. The molecule has 0 fully saturated rings. The Kier molecular flexibility index (Phi) is 8.00. The summed E-state index contributed by atoms with van der Waals surface area (Å²) in [6.07, 6.45) is 0.927. The highest BCUT2D eigenvalue weighted by atomic mass is 35.5. The van der Waals surface area contributed by atoms with Gasteiger partial charge in [-0.3, -0.25) is 0 Å². The first-order valence-corrected chi connectivity index (χ1v) is 10.3. The standard InChI is InChI=1S/C25H28ClNO3/c1-18-5-4-6-20(13-18)17-30-25-15-23(26)21(14-24(25)29-3)16-27-12-11-19-7-9-22(28-2)10-8-19/h4-10,13-15,27H,11-12,16-17H2,1-3H3. The van der Waals surface area contributed by atoms with Gasteiger partial charge in [0, 0.05) is 17.6 Å². The van der Waals surface area contributed by atoms with E-state index < -0.39 is 0 Å². The molecule has 0 heterocycles. The molecule has 30 heavy (non-hydrogen) atoms. The van der Waals surface area contributed by atoms with Gasteiger partial charge in [0.05, 0.1) is 14.2 Å². The minimum Gasteiger partial charge on any atom is -0.497 e. The lowest BCUT2D eigenvalue weighted by Crippen LogP contribution is -2.17. The molecule has 0 aromatic heterocycles. The van der Waals surface area contributed by atoms with E-state index in [4.69, 9.17) is 25.8 Å². The van der Waals surface area contributed by atoms with Gasteiger partial charge in [0.15, 0.2) is 11.5 Å². The number of methoxy groups -OCH3 is 2. The number of nitrogens with one attached hydrogen (secondary N) is 1. The van der Waals surface area contributed by atoms with Crippen molar-refractivity contribution in [1.82, 2.24) is 5.32 Å². The van der Waals surface area contributed by atoms with Gasteiger partial charge in [-0.1, -0.05) is 53.6 Å². The molecule has 0 amide bonds. The summed E-state index contributed by atoms with van der Waals surface area (Å²) in [5, 5.41) is 4.10. The zero-order valence-corrected chi connectivity index (χ0v) is 18.5. The molecular weight excluding hydrogens is 398 g/mol. The summed E-state index contributed by atoms with van der Waals surface area (Å²) in [5.74, 6) is 2.19. The minimum absolute atomic E-state index is 0.466. The first-order chi connectivity index (χ1) is 14.6. The second-order valence-corrected chi connectivity index (χ2v) is 7.55. The molecule has 0 saturated carbocycles. The van der Waals surface area contributed by atoms with E-state index in [2.05, 4.69) is 36.5 Å². The van der Waals surface area contributed by atoms with Crippen LogP contribution in [0.4, 0.5) is 0 Å². The molecule has 3 rings (SSSR count). The average molecular weight is 426 g/mol. The van der Waals surface area contributed by atoms with Crippen molar-refractivity contribution in [3.05, 3.63) is 87.9 Å². The molecule has 158 valence electrons. The van der Waals surface area contributed by atoms with Gasteiger partial charge in [0.2, 0.25) is 0 Å². The molecule has 0 spiro atoms. The highest BCUT2D eigenvalue weighted by molar-refractivity contribution is 6.31. The molecule has 0 saturated heterocycles. The Morgan fingerprint density at radius 1 is 0.867 bits per heavy atom. The molecule has 0 atom stereocenters. The minimum atomic E-state index is 0.466. The van der Waals surface area contributed by atoms with Crippen LogP contribution in [0.5, 0.6) is 17.2 Å². The average Bonchev–Trinajstić information content (AvgIpc) is 2.76. The lowest BCUT2D eigenvalue weighted by atomic mass is 10.1. The largest absolute Gasteiger partial charge is 0.497 e. The number of ether oxygens (including phenoxy) is 3. The van der Waals surface area contributed by atoms with Gasteiger partial charge < -0.3 is 19.5 Å². The maximum absolute atomic E-state index is 6.51. The van der Waals surface area contributed by atoms with Crippen LogP contribution >= 0.6 is 11.6 Å². The Morgan fingerprint density at radius 3 is 2.37 bits per heavy atom. The Morgan fingerprint density at radius 2 is 1.67 bits per heavy atom. The number of hydrogen-bond acceptors (Lipinski definition) is 4. The van der Waals surface area contributed by atoms with Crippen LogP contribution in [0.15, 0.2) is 60.7 Å². The number of rotatable bonds is 10. The quantitative estimate of drug-likeness (QED) is 0.430. The predicted molar refractivity (Wildman–Crippen MR) is 122 cm³/mol. The van der Waals surface area contributed by atoms with Crippen molar-refractivity contribution in [2.45, 2.75) is 26.5 Å². The second kappa shape index (κ2) is 10.9. The summed E-state index contributed by atoms with van der Waals surface area (Å²) < 4.78 is 16.7. The van der Waals surface area contributed by atoms with E-state index in [1.807, 2.05) is 36.4 Å². The van der Waals surface area contributed by atoms with Gasteiger partial charge in [0.25, 0.3) is 0 Å². The molecule has 4 nitrogen and oxygen atoms in total. The van der Waals surface area contributed by atoms with Crippen molar-refractivity contribution in [3.63, 3.8) is 0 Å². The van der Waals surface area contributed by atoms with Crippen molar-refractivity contribution in [1.29, 1.82) is 0 Å². The van der Waals surface area contributed by atoms with E-state index in [1.165, 1.54) is 11.1 Å². The van der Waals surface area contributed by atoms with Crippen LogP contribution in [-0.4, -0.2) is 20.8 Å². The number of halogens is 1. The van der Waals surface area contributed by atoms with Crippen LogP contribution in [0.2, 0.25) is 5.02 Å². The lowest BCUT2D eigenvalue weighted by Gasteiger charge is -2.14. The Balaban J connectivity index is 1.56. The molecule has 0 aliphatic rings. The molecule has 0 unspecified atom stereocenters. The van der Waals surface area contributed by atoms with Crippen LogP contribution in [-0.2, 0) is 19.6 Å². The molecule has 0 aliphatic heterocycles. The molecule has 5 heteroatoms. The van der Waals surface area contributed by atoms with E-state index >= 15 is 0 Å². The molecule has 0 radical (unpaired) electrons. The summed E-state index contributed by atoms with van der Waals surface area (Å²) in [6, 6.07) is 20.1. The first kappa shape index (κ1) is 22.0. The molecule has 0 aliphatic carbocycles. The summed E-state index contributed by atoms with van der Waals surface area (Å²) in [4.78, 5) is 0. The molecule has 1 N–H and O–H groups in total. The Bertz CT molecular complexity index is 957. The van der Waals surface area contributed by atoms with Crippen LogP contribution < -0.4 is 19.5 Å². The summed E-state index contributed by atoms with van der Waals surface area (Å²) >= 11 is 6.51. The monoisotopic (exact) mass is 425 g/mol. The summed E-state index contributed by atoms with van der Waals surface area (Å²) in [7, 11) is 3.32. The van der Waals surface area contributed by atoms with E-state index in [0.29, 0.717) is 29.7 Å². The molecule has 3 aromatic carbocycles. The molecule has 0 bridgehead atoms. The molecular formula is C25H28ClNO3. The van der Waals surface area contributed by atoms with Crippen LogP contribution in [0.1, 0.15) is 22.3 Å². The fourth-order valence-electron chi connectivity index (χ4n) is 3.20. The third kappa shape index (κ3) is 6.15. The fraction of sp³-hybridized carbons (Fsp3) is 0.280. The third-order valence-corrected chi connectivity index (χ3v) is 5.23.